The maximum Gasteiger partial charge on any atom is 0.410 e. The number of rotatable bonds is 6. The van der Waals surface area contributed by atoms with Crippen LogP contribution in [0.2, 0.25) is 0 Å². The van der Waals surface area contributed by atoms with E-state index in [0.29, 0.717) is 26.2 Å². The van der Waals surface area contributed by atoms with Crippen molar-refractivity contribution in [2.45, 2.75) is 104 Å². The van der Waals surface area contributed by atoms with Gasteiger partial charge in [-0.05, 0) is 77.8 Å². The normalized spacial score (nSPS) is 17.5. The van der Waals surface area contributed by atoms with E-state index in [-0.39, 0.29) is 55.7 Å². The summed E-state index contributed by atoms with van der Waals surface area (Å²) >= 11 is 0. The fourth-order valence-electron chi connectivity index (χ4n) is 5.44. The van der Waals surface area contributed by atoms with E-state index in [1.165, 1.54) is 0 Å². The van der Waals surface area contributed by atoms with Crippen LogP contribution in [0.1, 0.15) is 78.9 Å². The number of carbonyl (C=O) groups is 4. The number of hydrogen-bond donors (Lipinski definition) is 2. The van der Waals surface area contributed by atoms with Crippen LogP contribution in [0.25, 0.3) is 0 Å². The molecule has 2 N–H and O–H groups in total. The molecule has 3 atom stereocenters. The number of ether oxygens (including phenoxy) is 4. The smallest absolute Gasteiger partial charge is 0.410 e. The summed E-state index contributed by atoms with van der Waals surface area (Å²) in [6.07, 6.45) is 1.33. The number of nitrogens with one attached hydrogen (secondary N) is 2. The first-order valence-electron chi connectivity index (χ1n) is 17.8. The van der Waals surface area contributed by atoms with Gasteiger partial charge in [-0.15, -0.1) is 0 Å². The molecule has 2 aliphatic rings. The highest BCUT2D eigenvalue weighted by Gasteiger charge is 2.31. The lowest BCUT2D eigenvalue weighted by Crippen LogP contribution is -2.52. The molecule has 0 spiro atoms. The molecule has 302 valence electrons. The third-order valence-corrected chi connectivity index (χ3v) is 7.45. The summed E-state index contributed by atoms with van der Waals surface area (Å²) in [6.45, 7) is 15.6. The largest absolute Gasteiger partial charge is 0.445 e. The van der Waals surface area contributed by atoms with Crippen molar-refractivity contribution in [3.63, 3.8) is 0 Å². The van der Waals surface area contributed by atoms with Crippen molar-refractivity contribution in [2.24, 2.45) is 5.92 Å². The van der Waals surface area contributed by atoms with Gasteiger partial charge in [-0.2, -0.15) is 19.2 Å². The maximum absolute atomic E-state index is 12.3. The molecule has 0 radical (unpaired) electrons. The Morgan fingerprint density at radius 3 is 1.49 bits per heavy atom. The van der Waals surface area contributed by atoms with Crippen LogP contribution in [0.3, 0.4) is 0 Å². The number of piperidine rings is 2. The summed E-state index contributed by atoms with van der Waals surface area (Å²) in [4.78, 5) is 84.1. The summed E-state index contributed by atoms with van der Waals surface area (Å²) < 4.78 is 21.3. The summed E-state index contributed by atoms with van der Waals surface area (Å²) in [5.74, 6) is 0.276. The first-order valence-corrected chi connectivity index (χ1v) is 17.8. The van der Waals surface area contributed by atoms with E-state index in [0.717, 1.165) is 30.4 Å². The Hall–Kier alpha value is -5.72. The topological polar surface area (TPSA) is 204 Å². The Balaban J connectivity index is 0.000000481. The molecule has 2 aromatic carbocycles. The number of alkyl carbamates (subject to hydrolysis) is 2. The van der Waals surface area contributed by atoms with Crippen LogP contribution < -0.4 is 10.6 Å². The Morgan fingerprint density at radius 1 is 0.655 bits per heavy atom. The third kappa shape index (κ3) is 22.2. The molecule has 0 bridgehead atoms. The van der Waals surface area contributed by atoms with Crippen molar-refractivity contribution < 1.29 is 57.3 Å². The van der Waals surface area contributed by atoms with Gasteiger partial charge in [-0.1, -0.05) is 67.6 Å². The van der Waals surface area contributed by atoms with E-state index in [1.807, 2.05) is 102 Å². The van der Waals surface area contributed by atoms with Crippen LogP contribution >= 0.6 is 0 Å². The summed E-state index contributed by atoms with van der Waals surface area (Å²) in [5.41, 5.74) is 0.821. The summed E-state index contributed by atoms with van der Waals surface area (Å²) in [5, 5.41) is 5.68. The molecular formula is C39H54N4O12. The molecule has 2 aromatic rings. The van der Waals surface area contributed by atoms with Crippen LogP contribution in [0, 0.1) is 5.92 Å². The van der Waals surface area contributed by atoms with Crippen molar-refractivity contribution in [1.29, 1.82) is 0 Å². The average molecular weight is 771 g/mol. The second-order valence-corrected chi connectivity index (χ2v) is 14.8. The third-order valence-electron chi connectivity index (χ3n) is 7.45. The molecule has 55 heavy (non-hydrogen) atoms. The summed E-state index contributed by atoms with van der Waals surface area (Å²) in [6, 6.07) is 18.9. The highest BCUT2D eigenvalue weighted by molar-refractivity contribution is 5.70. The minimum Gasteiger partial charge on any atom is -0.445 e. The molecule has 0 aliphatic carbocycles. The maximum atomic E-state index is 12.3. The Bertz CT molecular complexity index is 1520. The fraction of sp³-hybridized carbons (Fsp3) is 0.538. The predicted octanol–water partition coefficient (Wildman–Crippen LogP) is 5.70. The Morgan fingerprint density at radius 2 is 1.05 bits per heavy atom. The van der Waals surface area contributed by atoms with Crippen molar-refractivity contribution in [1.82, 2.24) is 20.4 Å². The monoisotopic (exact) mass is 770 g/mol. The molecule has 0 aromatic heterocycles. The zero-order valence-electron chi connectivity index (χ0n) is 32.7. The standard InChI is InChI=1S/C19H28N2O4.C18H26N2O4.2CO2/c1-14-10-16(20-17(22)25-19(2,3)4)12-21(11-14)18(23)24-13-15-8-6-5-7-9-15;1-18(2,3)24-16(21)19-15-10-7-11-20(12-15)17(22)23-13-14-8-5-4-6-9-14;2*2-1-3/h5-9,14,16H,10-13H2,1-4H3,(H,20,22);4-6,8-9,15H,7,10-13H2,1-3H3,(H,19,21);;. The van der Waals surface area contributed by atoms with Crippen molar-refractivity contribution >= 4 is 36.7 Å². The molecular weight excluding hydrogens is 716 g/mol. The Kier molecular flexibility index (Phi) is 21.1. The number of benzene rings is 2. The van der Waals surface area contributed by atoms with Gasteiger partial charge in [0.05, 0.1) is 6.04 Å². The summed E-state index contributed by atoms with van der Waals surface area (Å²) in [7, 11) is 0. The lowest BCUT2D eigenvalue weighted by molar-refractivity contribution is -0.193. The van der Waals surface area contributed by atoms with Crippen molar-refractivity contribution in [3.8, 4) is 0 Å². The van der Waals surface area contributed by atoms with Crippen LogP contribution in [-0.2, 0) is 51.3 Å². The molecule has 2 aliphatic heterocycles. The average Bonchev–Trinajstić information content (AvgIpc) is 3.09. The van der Waals surface area contributed by atoms with Gasteiger partial charge < -0.3 is 39.4 Å². The van der Waals surface area contributed by atoms with Crippen LogP contribution in [0.5, 0.6) is 0 Å². The van der Waals surface area contributed by atoms with Gasteiger partial charge in [0.2, 0.25) is 0 Å². The highest BCUT2D eigenvalue weighted by atomic mass is 16.6. The van der Waals surface area contributed by atoms with Crippen LogP contribution in [0.4, 0.5) is 19.2 Å². The molecule has 3 unspecified atom stereocenters. The van der Waals surface area contributed by atoms with E-state index in [1.54, 1.807) is 9.80 Å². The molecule has 4 amide bonds. The van der Waals surface area contributed by atoms with Gasteiger partial charge in [0, 0.05) is 32.2 Å². The number of carbonyl (C=O) groups excluding carboxylic acids is 8. The van der Waals surface area contributed by atoms with Gasteiger partial charge in [0.15, 0.2) is 0 Å². The highest BCUT2D eigenvalue weighted by Crippen LogP contribution is 2.19. The molecule has 0 saturated carbocycles. The lowest BCUT2D eigenvalue weighted by atomic mass is 9.96. The van der Waals surface area contributed by atoms with Crippen molar-refractivity contribution in [2.75, 3.05) is 26.2 Å². The zero-order valence-corrected chi connectivity index (χ0v) is 32.7. The van der Waals surface area contributed by atoms with E-state index < -0.39 is 23.4 Å². The van der Waals surface area contributed by atoms with Gasteiger partial charge in [0.1, 0.15) is 24.4 Å². The van der Waals surface area contributed by atoms with Gasteiger partial charge in [-0.25, -0.2) is 19.2 Å². The molecule has 2 saturated heterocycles. The molecule has 2 fully saturated rings. The Labute approximate surface area is 322 Å². The number of nitrogens with zero attached hydrogens (tertiary/aromatic N) is 2. The molecule has 16 nitrogen and oxygen atoms in total. The van der Waals surface area contributed by atoms with Crippen LogP contribution in [0.15, 0.2) is 60.7 Å². The number of likely N-dealkylation sites (tertiary alicyclic amines) is 2. The molecule has 4 rings (SSSR count). The second kappa shape index (κ2) is 24.6. The van der Waals surface area contributed by atoms with Gasteiger partial charge in [-0.3, -0.25) is 0 Å². The zero-order chi connectivity index (χ0) is 41.4. The quantitative estimate of drug-likeness (QED) is 0.340. The minimum atomic E-state index is -0.543. The molecule has 16 heteroatoms. The fourth-order valence-corrected chi connectivity index (χ4v) is 5.44. The van der Waals surface area contributed by atoms with E-state index in [4.69, 9.17) is 38.1 Å². The SMILES string of the molecule is CC(C)(C)OC(=O)NC1CCCN(C(=O)OCc2ccccc2)C1.CC1CC(NC(=O)OC(C)(C)C)CN(C(=O)OCc2ccccc2)C1.O=C=O.O=C=O. The predicted molar refractivity (Wildman–Crippen MR) is 196 cm³/mol. The van der Waals surface area contributed by atoms with E-state index in [2.05, 4.69) is 17.6 Å². The van der Waals surface area contributed by atoms with E-state index >= 15 is 0 Å². The van der Waals surface area contributed by atoms with E-state index in [9.17, 15) is 19.2 Å². The first kappa shape index (κ1) is 47.3. The van der Waals surface area contributed by atoms with Gasteiger partial charge >= 0.3 is 36.7 Å². The number of amides is 4. The second-order valence-electron chi connectivity index (χ2n) is 14.8. The van der Waals surface area contributed by atoms with Gasteiger partial charge in [0.25, 0.3) is 0 Å². The van der Waals surface area contributed by atoms with Crippen molar-refractivity contribution in [3.05, 3.63) is 71.8 Å². The first-order chi connectivity index (χ1) is 25.9. The minimum absolute atomic E-state index is 0.113. The molecule has 2 heterocycles. The lowest BCUT2D eigenvalue weighted by Gasteiger charge is -2.36. The van der Waals surface area contributed by atoms with Crippen LogP contribution in [-0.4, -0.2) is 95.9 Å². The number of hydrogen-bond acceptors (Lipinski definition) is 12.